The van der Waals surface area contributed by atoms with Crippen LogP contribution in [-0.4, -0.2) is 56.4 Å². The van der Waals surface area contributed by atoms with Crippen molar-refractivity contribution < 1.29 is 23.7 Å². The van der Waals surface area contributed by atoms with Gasteiger partial charge < -0.3 is 29.2 Å². The van der Waals surface area contributed by atoms with Gasteiger partial charge in [0.1, 0.15) is 0 Å². The molecule has 1 N–H and O–H groups in total. The number of fused-ring (bicyclic) bond motifs is 1. The van der Waals surface area contributed by atoms with Crippen LogP contribution in [0.1, 0.15) is 64.3 Å². The van der Waals surface area contributed by atoms with Gasteiger partial charge in [-0.15, -0.1) is 0 Å². The van der Waals surface area contributed by atoms with E-state index < -0.39 is 0 Å². The molecular weight excluding hydrogens is 456 g/mol. The van der Waals surface area contributed by atoms with Gasteiger partial charge >= 0.3 is 0 Å². The Bertz CT molecular complexity index is 1010. The van der Waals surface area contributed by atoms with Gasteiger partial charge in [0, 0.05) is 12.6 Å². The minimum absolute atomic E-state index is 0.0992. The lowest BCUT2D eigenvalue weighted by atomic mass is 9.88. The summed E-state index contributed by atoms with van der Waals surface area (Å²) in [6, 6.07) is 10.3. The Morgan fingerprint density at radius 1 is 0.889 bits per heavy atom. The van der Waals surface area contributed by atoms with Crippen LogP contribution >= 0.6 is 0 Å². The van der Waals surface area contributed by atoms with Crippen molar-refractivity contribution in [3.63, 3.8) is 0 Å². The maximum Gasteiger partial charge on any atom is 0.237 e. The summed E-state index contributed by atoms with van der Waals surface area (Å²) in [6.45, 7) is 15.2. The monoisotopic (exact) mass is 498 g/mol. The normalized spacial score (nSPS) is 15.0. The Balaban J connectivity index is 2.02. The molecule has 3 rings (SSSR count). The third-order valence-electron chi connectivity index (χ3n) is 6.18. The molecule has 0 saturated carbocycles. The van der Waals surface area contributed by atoms with Crippen molar-refractivity contribution in [3.8, 4) is 23.0 Å². The number of nitrogens with one attached hydrogen (secondary N) is 1. The van der Waals surface area contributed by atoms with E-state index in [-0.39, 0.29) is 18.0 Å². The highest BCUT2D eigenvalue weighted by Crippen LogP contribution is 2.40. The summed E-state index contributed by atoms with van der Waals surface area (Å²) in [4.78, 5) is 15.4. The molecule has 0 aromatic heterocycles. The molecule has 1 unspecified atom stereocenters. The summed E-state index contributed by atoms with van der Waals surface area (Å²) in [5, 5.41) is 3.28. The van der Waals surface area contributed by atoms with Crippen LogP contribution in [0.2, 0.25) is 0 Å². The van der Waals surface area contributed by atoms with Crippen LogP contribution in [0.25, 0.3) is 0 Å². The number of nitrogens with zero attached hydrogens (tertiary/aromatic N) is 1. The van der Waals surface area contributed by atoms with Gasteiger partial charge in [-0.05, 0) is 81.5 Å². The summed E-state index contributed by atoms with van der Waals surface area (Å²) in [5.74, 6) is 3.05. The number of benzene rings is 2. The average molecular weight is 499 g/mol. The standard InChI is InChI=1S/C29H42N2O5/c1-7-33-25-12-11-21(16-26(25)34-8-2)15-24-23-18-28(36-10-4)27(35-9-3)17-22(23)13-14-31(24)29(32)19-30-20(5)6/h11-12,16-18,20,24,30H,7-10,13-15,19H2,1-6H3. The van der Waals surface area contributed by atoms with E-state index in [4.69, 9.17) is 18.9 Å². The van der Waals surface area contributed by atoms with E-state index in [0.29, 0.717) is 45.9 Å². The first-order chi connectivity index (χ1) is 17.4. The molecule has 1 heterocycles. The van der Waals surface area contributed by atoms with Crippen molar-refractivity contribution in [1.29, 1.82) is 0 Å². The smallest absolute Gasteiger partial charge is 0.237 e. The van der Waals surface area contributed by atoms with Crippen LogP contribution < -0.4 is 24.3 Å². The van der Waals surface area contributed by atoms with Crippen LogP contribution in [0, 0.1) is 0 Å². The van der Waals surface area contributed by atoms with Gasteiger partial charge in [-0.2, -0.15) is 0 Å². The van der Waals surface area contributed by atoms with Gasteiger partial charge in [0.2, 0.25) is 5.91 Å². The molecule has 0 aliphatic carbocycles. The van der Waals surface area contributed by atoms with Crippen LogP contribution in [0.3, 0.4) is 0 Å². The van der Waals surface area contributed by atoms with E-state index in [1.54, 1.807) is 0 Å². The molecule has 2 aromatic carbocycles. The molecule has 198 valence electrons. The molecule has 1 aliphatic rings. The summed E-state index contributed by atoms with van der Waals surface area (Å²) in [5.41, 5.74) is 3.39. The second-order valence-electron chi connectivity index (χ2n) is 9.10. The molecule has 0 bridgehead atoms. The second-order valence-corrected chi connectivity index (χ2v) is 9.10. The Hall–Kier alpha value is -2.93. The van der Waals surface area contributed by atoms with Crippen molar-refractivity contribution in [3.05, 3.63) is 47.0 Å². The van der Waals surface area contributed by atoms with Gasteiger partial charge in [-0.1, -0.05) is 19.9 Å². The fraction of sp³-hybridized carbons (Fsp3) is 0.552. The number of carbonyl (C=O) groups excluding carboxylic acids is 1. The lowest BCUT2D eigenvalue weighted by molar-refractivity contribution is -0.133. The lowest BCUT2D eigenvalue weighted by Gasteiger charge is -2.38. The zero-order chi connectivity index (χ0) is 26.1. The van der Waals surface area contributed by atoms with Gasteiger partial charge in [0.15, 0.2) is 23.0 Å². The number of rotatable bonds is 13. The van der Waals surface area contributed by atoms with E-state index >= 15 is 0 Å². The molecule has 7 nitrogen and oxygen atoms in total. The molecule has 36 heavy (non-hydrogen) atoms. The molecule has 1 aliphatic heterocycles. The minimum Gasteiger partial charge on any atom is -0.490 e. The van der Waals surface area contributed by atoms with E-state index in [1.165, 1.54) is 5.56 Å². The van der Waals surface area contributed by atoms with E-state index in [9.17, 15) is 4.79 Å². The number of ether oxygens (including phenoxy) is 4. The Morgan fingerprint density at radius 3 is 2.08 bits per heavy atom. The number of carbonyl (C=O) groups is 1. The predicted molar refractivity (Wildman–Crippen MR) is 143 cm³/mol. The van der Waals surface area contributed by atoms with Crippen LogP contribution in [0.4, 0.5) is 0 Å². The van der Waals surface area contributed by atoms with Gasteiger partial charge in [0.05, 0.1) is 39.0 Å². The third-order valence-corrected chi connectivity index (χ3v) is 6.18. The first-order valence-corrected chi connectivity index (χ1v) is 13.2. The summed E-state index contributed by atoms with van der Waals surface area (Å²) >= 11 is 0. The topological polar surface area (TPSA) is 69.3 Å². The SMILES string of the molecule is CCOc1ccc(CC2c3cc(OCC)c(OCC)cc3CCN2C(=O)CNC(C)C)cc1OCC. The Kier molecular flexibility index (Phi) is 10.3. The highest BCUT2D eigenvalue weighted by Gasteiger charge is 2.32. The second kappa shape index (κ2) is 13.4. The molecule has 1 amide bonds. The van der Waals surface area contributed by atoms with Crippen molar-refractivity contribution in [1.82, 2.24) is 10.2 Å². The average Bonchev–Trinajstić information content (AvgIpc) is 2.85. The van der Waals surface area contributed by atoms with Crippen molar-refractivity contribution in [2.45, 2.75) is 66.5 Å². The highest BCUT2D eigenvalue weighted by molar-refractivity contribution is 5.79. The fourth-order valence-electron chi connectivity index (χ4n) is 4.60. The molecule has 2 aromatic rings. The number of hydrogen-bond donors (Lipinski definition) is 1. The van der Waals surface area contributed by atoms with E-state index in [0.717, 1.165) is 40.5 Å². The van der Waals surface area contributed by atoms with Gasteiger partial charge in [0.25, 0.3) is 0 Å². The molecule has 7 heteroatoms. The van der Waals surface area contributed by atoms with E-state index in [2.05, 4.69) is 37.4 Å². The van der Waals surface area contributed by atoms with Crippen LogP contribution in [0.15, 0.2) is 30.3 Å². The lowest BCUT2D eigenvalue weighted by Crippen LogP contribution is -2.46. The minimum atomic E-state index is -0.127. The quantitative estimate of drug-likeness (QED) is 0.422. The number of hydrogen-bond acceptors (Lipinski definition) is 6. The zero-order valence-corrected chi connectivity index (χ0v) is 22.7. The maximum atomic E-state index is 13.4. The van der Waals surface area contributed by atoms with Gasteiger partial charge in [-0.25, -0.2) is 0 Å². The summed E-state index contributed by atoms with van der Waals surface area (Å²) in [7, 11) is 0. The van der Waals surface area contributed by atoms with Gasteiger partial charge in [-0.3, -0.25) is 4.79 Å². The third kappa shape index (κ3) is 6.84. The Labute approximate surface area is 216 Å². The molecule has 0 spiro atoms. The van der Waals surface area contributed by atoms with E-state index in [1.807, 2.05) is 44.7 Å². The first kappa shape index (κ1) is 27.7. The van der Waals surface area contributed by atoms with Crippen LogP contribution in [-0.2, 0) is 17.6 Å². The molecule has 0 radical (unpaired) electrons. The molecule has 0 saturated heterocycles. The van der Waals surface area contributed by atoms with Crippen molar-refractivity contribution >= 4 is 5.91 Å². The first-order valence-electron chi connectivity index (χ1n) is 13.2. The van der Waals surface area contributed by atoms with Crippen LogP contribution in [0.5, 0.6) is 23.0 Å². The maximum absolute atomic E-state index is 13.4. The summed E-state index contributed by atoms with van der Waals surface area (Å²) in [6.07, 6.45) is 1.44. The highest BCUT2D eigenvalue weighted by atomic mass is 16.5. The molecule has 1 atom stereocenters. The molecule has 0 fully saturated rings. The zero-order valence-electron chi connectivity index (χ0n) is 22.7. The van der Waals surface area contributed by atoms with Crippen molar-refractivity contribution in [2.75, 3.05) is 39.5 Å². The number of amides is 1. The Morgan fingerprint density at radius 2 is 1.47 bits per heavy atom. The largest absolute Gasteiger partial charge is 0.490 e. The van der Waals surface area contributed by atoms with Crippen molar-refractivity contribution in [2.24, 2.45) is 0 Å². The molecular formula is C29H42N2O5. The predicted octanol–water partition coefficient (Wildman–Crippen LogP) is 4.95. The summed E-state index contributed by atoms with van der Waals surface area (Å²) < 4.78 is 23.5. The fourth-order valence-corrected chi connectivity index (χ4v) is 4.60.